The minimum absolute atomic E-state index is 0.00448. The van der Waals surface area contributed by atoms with Gasteiger partial charge in [0.15, 0.2) is 0 Å². The van der Waals surface area contributed by atoms with E-state index in [0.717, 1.165) is 35.4 Å². The number of hydrogen-bond acceptors (Lipinski definition) is 3. The quantitative estimate of drug-likeness (QED) is 0.887. The number of carbonyl (C=O) groups is 1. The number of aryl methyl sites for hydroxylation is 2. The Kier molecular flexibility index (Phi) is 3.07. The van der Waals surface area contributed by atoms with Gasteiger partial charge in [-0.15, -0.1) is 0 Å². The van der Waals surface area contributed by atoms with Crippen LogP contribution < -0.4 is 15.4 Å². The smallest absolute Gasteiger partial charge is 0.246 e. The Morgan fingerprint density at radius 2 is 1.94 bits per heavy atom. The van der Waals surface area contributed by atoms with Gasteiger partial charge >= 0.3 is 0 Å². The van der Waals surface area contributed by atoms with E-state index in [4.69, 9.17) is 10.5 Å². The fraction of sp³-hybridized carbons (Fsp3) is 0.500. The van der Waals surface area contributed by atoms with Gasteiger partial charge in [0.25, 0.3) is 0 Å². The Balaban J connectivity index is 2.33. The molecule has 0 heterocycles. The number of rotatable bonds is 3. The van der Waals surface area contributed by atoms with Gasteiger partial charge in [-0.05, 0) is 49.9 Å². The Labute approximate surface area is 108 Å². The van der Waals surface area contributed by atoms with Crippen LogP contribution in [0.1, 0.15) is 24.0 Å². The van der Waals surface area contributed by atoms with E-state index in [9.17, 15) is 4.79 Å². The third-order valence-electron chi connectivity index (χ3n) is 3.59. The van der Waals surface area contributed by atoms with Crippen molar-refractivity contribution in [2.75, 3.05) is 19.1 Å². The van der Waals surface area contributed by atoms with Gasteiger partial charge in [0.2, 0.25) is 5.91 Å². The number of ether oxygens (including phenoxy) is 1. The third-order valence-corrected chi connectivity index (χ3v) is 3.59. The molecule has 0 atom stereocenters. The average Bonchev–Trinajstić information content (AvgIpc) is 3.09. The summed E-state index contributed by atoms with van der Waals surface area (Å²) in [6.45, 7) is 3.94. The lowest BCUT2D eigenvalue weighted by Gasteiger charge is -2.24. The number of anilines is 1. The van der Waals surface area contributed by atoms with Crippen LogP contribution in [0.4, 0.5) is 5.69 Å². The molecule has 0 bridgehead atoms. The van der Waals surface area contributed by atoms with Gasteiger partial charge in [0.1, 0.15) is 5.75 Å². The van der Waals surface area contributed by atoms with E-state index in [0.29, 0.717) is 0 Å². The molecule has 0 radical (unpaired) electrons. The van der Waals surface area contributed by atoms with Crippen molar-refractivity contribution in [3.05, 3.63) is 23.3 Å². The van der Waals surface area contributed by atoms with Gasteiger partial charge in [0, 0.05) is 12.7 Å². The fourth-order valence-electron chi connectivity index (χ4n) is 2.15. The molecule has 4 nitrogen and oxygen atoms in total. The number of benzene rings is 1. The molecule has 2 rings (SSSR count). The van der Waals surface area contributed by atoms with E-state index in [1.54, 1.807) is 19.1 Å². The molecule has 1 aromatic carbocycles. The lowest BCUT2D eigenvalue weighted by molar-refractivity contribution is -0.120. The number of nitrogens with two attached hydrogens (primary N) is 1. The number of carbonyl (C=O) groups excluding carboxylic acids is 1. The van der Waals surface area contributed by atoms with Crippen molar-refractivity contribution in [3.8, 4) is 5.75 Å². The van der Waals surface area contributed by atoms with Crippen molar-refractivity contribution in [1.29, 1.82) is 0 Å². The molecular formula is C14H20N2O2. The zero-order chi connectivity index (χ0) is 13.5. The fourth-order valence-corrected chi connectivity index (χ4v) is 2.15. The van der Waals surface area contributed by atoms with Gasteiger partial charge < -0.3 is 15.4 Å². The highest BCUT2D eigenvalue weighted by molar-refractivity contribution is 6.02. The highest BCUT2D eigenvalue weighted by Gasteiger charge is 2.47. The van der Waals surface area contributed by atoms with Gasteiger partial charge in [0.05, 0.1) is 12.6 Å². The van der Waals surface area contributed by atoms with Gasteiger partial charge in [-0.3, -0.25) is 4.79 Å². The molecule has 0 saturated heterocycles. The first-order valence-electron chi connectivity index (χ1n) is 6.11. The molecule has 1 aliphatic rings. The van der Waals surface area contributed by atoms with Crippen molar-refractivity contribution in [2.45, 2.75) is 32.2 Å². The summed E-state index contributed by atoms with van der Waals surface area (Å²) in [5.41, 5.74) is 8.25. The maximum Gasteiger partial charge on any atom is 0.246 e. The van der Waals surface area contributed by atoms with Crippen LogP contribution in [0.3, 0.4) is 0 Å². The first kappa shape index (κ1) is 12.9. The summed E-state index contributed by atoms with van der Waals surface area (Å²) >= 11 is 0. The summed E-state index contributed by atoms with van der Waals surface area (Å²) in [6, 6.07) is 3.92. The molecule has 4 heteroatoms. The largest absolute Gasteiger partial charge is 0.496 e. The minimum Gasteiger partial charge on any atom is -0.496 e. The molecular weight excluding hydrogens is 228 g/mol. The van der Waals surface area contributed by atoms with Crippen molar-refractivity contribution >= 4 is 11.6 Å². The lowest BCUT2D eigenvalue weighted by atomic mass is 10.1. The summed E-state index contributed by atoms with van der Waals surface area (Å²) in [5, 5.41) is 0. The van der Waals surface area contributed by atoms with Gasteiger partial charge in [-0.25, -0.2) is 0 Å². The third kappa shape index (κ3) is 2.08. The highest BCUT2D eigenvalue weighted by atomic mass is 16.5. The molecule has 1 saturated carbocycles. The molecule has 0 unspecified atom stereocenters. The van der Waals surface area contributed by atoms with Crippen LogP contribution in [0.25, 0.3) is 0 Å². The summed E-state index contributed by atoms with van der Waals surface area (Å²) in [5.74, 6) is 0.834. The normalized spacial score (nSPS) is 16.3. The molecule has 18 heavy (non-hydrogen) atoms. The molecule has 1 amide bonds. The minimum atomic E-state index is -0.630. The maximum atomic E-state index is 12.2. The van der Waals surface area contributed by atoms with Crippen LogP contribution >= 0.6 is 0 Å². The first-order chi connectivity index (χ1) is 8.39. The van der Waals surface area contributed by atoms with E-state index in [-0.39, 0.29) is 5.91 Å². The van der Waals surface area contributed by atoms with Crippen molar-refractivity contribution < 1.29 is 9.53 Å². The number of nitrogens with zero attached hydrogens (tertiary/aromatic N) is 1. The van der Waals surface area contributed by atoms with E-state index in [1.165, 1.54) is 0 Å². The van der Waals surface area contributed by atoms with Gasteiger partial charge in [-0.2, -0.15) is 0 Å². The summed E-state index contributed by atoms with van der Waals surface area (Å²) in [7, 11) is 3.43. The monoisotopic (exact) mass is 248 g/mol. The molecule has 0 aliphatic heterocycles. The molecule has 98 valence electrons. The Morgan fingerprint density at radius 1 is 1.33 bits per heavy atom. The second-order valence-electron chi connectivity index (χ2n) is 5.13. The molecule has 2 N–H and O–H groups in total. The summed E-state index contributed by atoms with van der Waals surface area (Å²) < 4.78 is 5.27. The molecule has 0 aromatic heterocycles. The predicted octanol–water partition coefficient (Wildman–Crippen LogP) is 1.77. The van der Waals surface area contributed by atoms with E-state index < -0.39 is 5.54 Å². The Hall–Kier alpha value is -1.55. The molecule has 1 aromatic rings. The van der Waals surface area contributed by atoms with Crippen LogP contribution in [-0.4, -0.2) is 25.6 Å². The van der Waals surface area contributed by atoms with Gasteiger partial charge in [-0.1, -0.05) is 0 Å². The number of amides is 1. The highest BCUT2D eigenvalue weighted by Crippen LogP contribution is 2.36. The van der Waals surface area contributed by atoms with Crippen LogP contribution in [0.2, 0.25) is 0 Å². The van der Waals surface area contributed by atoms with Crippen molar-refractivity contribution in [2.24, 2.45) is 5.73 Å². The van der Waals surface area contributed by atoms with Crippen LogP contribution in [0, 0.1) is 13.8 Å². The number of methoxy groups -OCH3 is 1. The topological polar surface area (TPSA) is 55.6 Å². The van der Waals surface area contributed by atoms with Crippen LogP contribution in [0.5, 0.6) is 5.75 Å². The Bertz CT molecular complexity index is 493. The lowest BCUT2D eigenvalue weighted by Crippen LogP contribution is -2.44. The Morgan fingerprint density at radius 3 is 2.44 bits per heavy atom. The maximum absolute atomic E-state index is 12.2. The zero-order valence-corrected chi connectivity index (χ0v) is 11.4. The van der Waals surface area contributed by atoms with E-state index >= 15 is 0 Å². The van der Waals surface area contributed by atoms with Crippen LogP contribution in [-0.2, 0) is 4.79 Å². The molecule has 0 spiro atoms. The average molecular weight is 248 g/mol. The summed E-state index contributed by atoms with van der Waals surface area (Å²) in [6.07, 6.45) is 1.56. The van der Waals surface area contributed by atoms with E-state index in [1.807, 2.05) is 26.0 Å². The SMILES string of the molecule is COc1cc(C)c(N(C)C(=O)C2(N)CC2)cc1C. The van der Waals surface area contributed by atoms with Crippen molar-refractivity contribution in [3.63, 3.8) is 0 Å². The first-order valence-corrected chi connectivity index (χ1v) is 6.11. The number of hydrogen-bond donors (Lipinski definition) is 1. The summed E-state index contributed by atoms with van der Waals surface area (Å²) in [4.78, 5) is 13.9. The zero-order valence-electron chi connectivity index (χ0n) is 11.4. The second kappa shape index (κ2) is 4.28. The second-order valence-corrected chi connectivity index (χ2v) is 5.13. The van der Waals surface area contributed by atoms with Crippen molar-refractivity contribution in [1.82, 2.24) is 0 Å². The molecule has 1 fully saturated rings. The van der Waals surface area contributed by atoms with E-state index in [2.05, 4.69) is 0 Å². The standard InChI is InChI=1S/C14H20N2O2/c1-9-8-12(18-4)10(2)7-11(9)16(3)13(17)14(15)5-6-14/h7-8H,5-6,15H2,1-4H3. The predicted molar refractivity (Wildman–Crippen MR) is 72.0 cm³/mol. The van der Waals surface area contributed by atoms with Crippen LogP contribution in [0.15, 0.2) is 12.1 Å². The number of likely N-dealkylation sites (N-methyl/N-ethyl adjacent to an activating group) is 1. The molecule has 1 aliphatic carbocycles.